The fourth-order valence-electron chi connectivity index (χ4n) is 2.46. The number of rotatable bonds is 6. The van der Waals surface area contributed by atoms with Crippen LogP contribution in [0.1, 0.15) is 0 Å². The first-order valence-electron chi connectivity index (χ1n) is 7.52. The third kappa shape index (κ3) is 4.68. The number of halogens is 1. The second-order valence-corrected chi connectivity index (χ2v) is 7.74. The van der Waals surface area contributed by atoms with Crippen LogP contribution < -0.4 is 13.8 Å². The number of carbonyl (C=O) groups is 1. The summed E-state index contributed by atoms with van der Waals surface area (Å²) in [5.74, 6) is 0.195. The SMILES string of the molecule is COc1cc(N(CC(=O)N2CCOCC2)S(C)(=O)=O)c(OC)cc1Cl. The summed E-state index contributed by atoms with van der Waals surface area (Å²) in [6.07, 6.45) is 1.03. The van der Waals surface area contributed by atoms with Crippen LogP contribution in [0.15, 0.2) is 12.1 Å². The topological polar surface area (TPSA) is 85.4 Å². The van der Waals surface area contributed by atoms with Gasteiger partial charge in [0.1, 0.15) is 18.0 Å². The summed E-state index contributed by atoms with van der Waals surface area (Å²) in [7, 11) is -0.934. The fraction of sp³-hybridized carbons (Fsp3) is 0.533. The summed E-state index contributed by atoms with van der Waals surface area (Å²) in [5, 5.41) is 0.274. The predicted octanol–water partition coefficient (Wildman–Crippen LogP) is 0.982. The Bertz CT molecular complexity index is 734. The molecule has 1 heterocycles. The second kappa shape index (κ2) is 8.11. The van der Waals surface area contributed by atoms with E-state index in [0.717, 1.165) is 10.6 Å². The number of carbonyl (C=O) groups excluding carboxylic acids is 1. The third-order valence-electron chi connectivity index (χ3n) is 3.76. The number of methoxy groups -OCH3 is 2. The van der Waals surface area contributed by atoms with Gasteiger partial charge >= 0.3 is 0 Å². The van der Waals surface area contributed by atoms with Crippen LogP contribution in [0.4, 0.5) is 5.69 Å². The van der Waals surface area contributed by atoms with E-state index in [2.05, 4.69) is 0 Å². The summed E-state index contributed by atoms with van der Waals surface area (Å²) >= 11 is 6.06. The van der Waals surface area contributed by atoms with Crippen LogP contribution >= 0.6 is 11.6 Å². The normalized spacial score (nSPS) is 15.0. The molecule has 0 aromatic heterocycles. The number of ether oxygens (including phenoxy) is 3. The predicted molar refractivity (Wildman–Crippen MR) is 94.1 cm³/mol. The van der Waals surface area contributed by atoms with E-state index in [9.17, 15) is 13.2 Å². The summed E-state index contributed by atoms with van der Waals surface area (Å²) in [5.41, 5.74) is 0.188. The number of hydrogen-bond donors (Lipinski definition) is 0. The van der Waals surface area contributed by atoms with Crippen LogP contribution in [0, 0.1) is 0 Å². The third-order valence-corrected chi connectivity index (χ3v) is 5.19. The maximum absolute atomic E-state index is 12.5. The molecule has 1 amide bonds. The van der Waals surface area contributed by atoms with E-state index in [0.29, 0.717) is 26.3 Å². The lowest BCUT2D eigenvalue weighted by Crippen LogP contribution is -2.47. The summed E-state index contributed by atoms with van der Waals surface area (Å²) in [6, 6.07) is 2.89. The van der Waals surface area contributed by atoms with Crippen molar-refractivity contribution in [3.63, 3.8) is 0 Å². The number of anilines is 1. The highest BCUT2D eigenvalue weighted by molar-refractivity contribution is 7.92. The van der Waals surface area contributed by atoms with Crippen LogP contribution in [-0.4, -0.2) is 72.5 Å². The zero-order chi connectivity index (χ0) is 18.6. The van der Waals surface area contributed by atoms with Crippen LogP contribution in [0.3, 0.4) is 0 Å². The van der Waals surface area contributed by atoms with Gasteiger partial charge in [-0.15, -0.1) is 0 Å². The molecule has 0 bridgehead atoms. The maximum Gasteiger partial charge on any atom is 0.243 e. The summed E-state index contributed by atoms with van der Waals surface area (Å²) in [6.45, 7) is 1.38. The van der Waals surface area contributed by atoms with Gasteiger partial charge in [0.05, 0.1) is 44.4 Å². The molecule has 0 saturated carbocycles. The van der Waals surface area contributed by atoms with Crippen molar-refractivity contribution in [3.05, 3.63) is 17.2 Å². The molecule has 10 heteroatoms. The van der Waals surface area contributed by atoms with E-state index in [-0.39, 0.29) is 34.7 Å². The van der Waals surface area contributed by atoms with Crippen molar-refractivity contribution in [2.24, 2.45) is 0 Å². The maximum atomic E-state index is 12.5. The summed E-state index contributed by atoms with van der Waals surface area (Å²) in [4.78, 5) is 14.1. The lowest BCUT2D eigenvalue weighted by Gasteiger charge is -2.30. The molecule has 1 fully saturated rings. The number of morpholine rings is 1. The van der Waals surface area contributed by atoms with E-state index in [4.69, 9.17) is 25.8 Å². The second-order valence-electron chi connectivity index (χ2n) is 5.42. The molecule has 0 N–H and O–H groups in total. The Kier molecular flexibility index (Phi) is 6.36. The molecule has 0 spiro atoms. The zero-order valence-corrected chi connectivity index (χ0v) is 15.9. The molecular formula is C15H21ClN2O6S. The lowest BCUT2D eigenvalue weighted by molar-refractivity contribution is -0.133. The van der Waals surface area contributed by atoms with Gasteiger partial charge in [-0.2, -0.15) is 0 Å². The fourth-order valence-corrected chi connectivity index (χ4v) is 3.53. The Balaban J connectivity index is 2.39. The lowest BCUT2D eigenvalue weighted by atomic mass is 10.2. The smallest absolute Gasteiger partial charge is 0.243 e. The standard InChI is InChI=1S/C15H21ClN2O6S/c1-22-13-9-12(14(23-2)8-11(13)16)18(25(3,20)21)10-15(19)17-4-6-24-7-5-17/h8-9H,4-7,10H2,1-3H3. The molecule has 1 aromatic rings. The Hall–Kier alpha value is -1.71. The van der Waals surface area contributed by atoms with Gasteiger partial charge in [-0.1, -0.05) is 11.6 Å². The van der Waals surface area contributed by atoms with Gasteiger partial charge in [-0.25, -0.2) is 8.42 Å². The van der Waals surface area contributed by atoms with Crippen LogP contribution in [-0.2, 0) is 19.6 Å². The van der Waals surface area contributed by atoms with Crippen molar-refractivity contribution in [2.45, 2.75) is 0 Å². The molecule has 8 nitrogen and oxygen atoms in total. The van der Waals surface area contributed by atoms with Crippen molar-refractivity contribution in [1.29, 1.82) is 0 Å². The molecule has 1 aliphatic rings. The van der Waals surface area contributed by atoms with Crippen molar-refractivity contribution in [3.8, 4) is 11.5 Å². The average Bonchev–Trinajstić information content (AvgIpc) is 2.59. The number of nitrogens with zero attached hydrogens (tertiary/aromatic N) is 2. The Morgan fingerprint density at radius 2 is 1.84 bits per heavy atom. The molecule has 1 saturated heterocycles. The van der Waals surface area contributed by atoms with Crippen LogP contribution in [0.2, 0.25) is 5.02 Å². The van der Waals surface area contributed by atoms with Gasteiger partial charge in [0.2, 0.25) is 15.9 Å². The monoisotopic (exact) mass is 392 g/mol. The Morgan fingerprint density at radius 3 is 2.36 bits per heavy atom. The minimum atomic E-state index is -3.75. The number of sulfonamides is 1. The summed E-state index contributed by atoms with van der Waals surface area (Å²) < 4.78 is 41.2. The van der Waals surface area contributed by atoms with E-state index in [1.54, 1.807) is 4.90 Å². The quantitative estimate of drug-likeness (QED) is 0.717. The zero-order valence-electron chi connectivity index (χ0n) is 14.3. The van der Waals surface area contributed by atoms with Gasteiger partial charge < -0.3 is 19.1 Å². The van der Waals surface area contributed by atoms with Crippen molar-refractivity contribution >= 4 is 33.2 Å². The highest BCUT2D eigenvalue weighted by Crippen LogP contribution is 2.38. The molecule has 1 aromatic carbocycles. The van der Waals surface area contributed by atoms with Gasteiger partial charge in [-0.05, 0) is 0 Å². The number of benzene rings is 1. The Labute approximate surface area is 152 Å². The van der Waals surface area contributed by atoms with E-state index >= 15 is 0 Å². The average molecular weight is 393 g/mol. The molecule has 140 valence electrons. The highest BCUT2D eigenvalue weighted by Gasteiger charge is 2.28. The van der Waals surface area contributed by atoms with E-state index < -0.39 is 10.0 Å². The van der Waals surface area contributed by atoms with Gasteiger partial charge in [0, 0.05) is 25.2 Å². The van der Waals surface area contributed by atoms with Crippen LogP contribution in [0.5, 0.6) is 11.5 Å². The molecule has 2 rings (SSSR count). The molecule has 0 aliphatic carbocycles. The van der Waals surface area contributed by atoms with Gasteiger partial charge in [-0.3, -0.25) is 9.10 Å². The molecule has 0 radical (unpaired) electrons. The minimum Gasteiger partial charge on any atom is -0.495 e. The molecule has 0 unspecified atom stereocenters. The number of amides is 1. The first kappa shape index (κ1) is 19.6. The number of hydrogen-bond acceptors (Lipinski definition) is 6. The largest absolute Gasteiger partial charge is 0.495 e. The van der Waals surface area contributed by atoms with Gasteiger partial charge in [0.15, 0.2) is 0 Å². The minimum absolute atomic E-state index is 0.188. The van der Waals surface area contributed by atoms with E-state index in [1.807, 2.05) is 0 Å². The van der Waals surface area contributed by atoms with Crippen LogP contribution in [0.25, 0.3) is 0 Å². The molecule has 25 heavy (non-hydrogen) atoms. The van der Waals surface area contributed by atoms with Crippen molar-refractivity contribution in [2.75, 3.05) is 57.6 Å². The first-order chi connectivity index (χ1) is 11.8. The van der Waals surface area contributed by atoms with Crippen molar-refractivity contribution in [1.82, 2.24) is 4.90 Å². The first-order valence-corrected chi connectivity index (χ1v) is 9.75. The molecule has 1 aliphatic heterocycles. The highest BCUT2D eigenvalue weighted by atomic mass is 35.5. The van der Waals surface area contributed by atoms with E-state index in [1.165, 1.54) is 26.4 Å². The molecular weight excluding hydrogens is 372 g/mol. The molecule has 0 atom stereocenters. The Morgan fingerprint density at radius 1 is 1.24 bits per heavy atom. The van der Waals surface area contributed by atoms with Gasteiger partial charge in [0.25, 0.3) is 0 Å². The van der Waals surface area contributed by atoms with Crippen molar-refractivity contribution < 1.29 is 27.4 Å².